The Kier molecular flexibility index (Phi) is 5.99. The van der Waals surface area contributed by atoms with E-state index in [-0.39, 0.29) is 16.6 Å². The molecule has 3 N–H and O–H groups in total. The van der Waals surface area contributed by atoms with E-state index in [1.54, 1.807) is 0 Å². The van der Waals surface area contributed by atoms with Crippen LogP contribution in [0.4, 0.5) is 4.39 Å². The molecule has 0 bridgehead atoms. The molecule has 0 aliphatic heterocycles. The number of rotatable bonds is 3. The number of hydrogen-bond acceptors (Lipinski definition) is 3. The van der Waals surface area contributed by atoms with E-state index in [2.05, 4.69) is 16.0 Å². The van der Waals surface area contributed by atoms with Crippen molar-refractivity contribution < 1.29 is 14.0 Å². The molecule has 0 fully saturated rings. The van der Waals surface area contributed by atoms with Gasteiger partial charge < -0.3 is 10.6 Å². The standard InChI is InChI=1S/C15H20FN3O2S/c1-15(2,3)11(13(21)17-4)18-14(22)19-12(20)9-5-7-10(16)8-6-9/h5-8,11H,1-4H3,(H,17,21)(H2,18,19,20,22). The maximum atomic E-state index is 12.8. The van der Waals surface area contributed by atoms with Crippen LogP contribution in [0.1, 0.15) is 31.1 Å². The molecule has 2 amide bonds. The van der Waals surface area contributed by atoms with Gasteiger partial charge in [-0.2, -0.15) is 0 Å². The molecule has 0 saturated heterocycles. The van der Waals surface area contributed by atoms with Crippen molar-refractivity contribution in [2.45, 2.75) is 26.8 Å². The minimum Gasteiger partial charge on any atom is -0.357 e. The van der Waals surface area contributed by atoms with E-state index in [9.17, 15) is 14.0 Å². The number of benzene rings is 1. The first-order valence-corrected chi connectivity index (χ1v) is 7.15. The maximum absolute atomic E-state index is 12.8. The summed E-state index contributed by atoms with van der Waals surface area (Å²) in [5, 5.41) is 7.90. The molecule has 1 atom stereocenters. The highest BCUT2D eigenvalue weighted by molar-refractivity contribution is 7.80. The Morgan fingerprint density at radius 1 is 1.18 bits per heavy atom. The number of likely N-dealkylation sites (N-methyl/N-ethyl adjacent to an activating group) is 1. The molecule has 1 aromatic carbocycles. The molecule has 1 aromatic rings. The highest BCUT2D eigenvalue weighted by Gasteiger charge is 2.31. The molecule has 0 heterocycles. The van der Waals surface area contributed by atoms with Gasteiger partial charge in [-0.25, -0.2) is 4.39 Å². The lowest BCUT2D eigenvalue weighted by Gasteiger charge is -2.30. The SMILES string of the molecule is CNC(=O)C(NC(=S)NC(=O)c1ccc(F)cc1)C(C)(C)C. The third-order valence-electron chi connectivity index (χ3n) is 2.98. The molecule has 0 saturated carbocycles. The Hall–Kier alpha value is -2.02. The lowest BCUT2D eigenvalue weighted by molar-refractivity contribution is -0.124. The number of halogens is 1. The van der Waals surface area contributed by atoms with E-state index in [1.807, 2.05) is 20.8 Å². The van der Waals surface area contributed by atoms with Gasteiger partial charge in [0.25, 0.3) is 5.91 Å². The number of nitrogens with one attached hydrogen (secondary N) is 3. The van der Waals surface area contributed by atoms with Crippen LogP contribution >= 0.6 is 12.2 Å². The smallest absolute Gasteiger partial charge is 0.257 e. The minimum absolute atomic E-state index is 0.0397. The van der Waals surface area contributed by atoms with Crippen LogP contribution in [0, 0.1) is 11.2 Å². The average Bonchev–Trinajstić information content (AvgIpc) is 2.43. The molecule has 5 nitrogen and oxygen atoms in total. The van der Waals surface area contributed by atoms with E-state index < -0.39 is 23.2 Å². The Morgan fingerprint density at radius 2 is 1.73 bits per heavy atom. The normalized spacial score (nSPS) is 12.2. The molecule has 7 heteroatoms. The summed E-state index contributed by atoms with van der Waals surface area (Å²) < 4.78 is 12.8. The zero-order chi connectivity index (χ0) is 16.9. The molecular formula is C15H20FN3O2S. The van der Waals surface area contributed by atoms with E-state index in [4.69, 9.17) is 12.2 Å². The van der Waals surface area contributed by atoms with Crippen LogP contribution in [-0.2, 0) is 4.79 Å². The summed E-state index contributed by atoms with van der Waals surface area (Å²) >= 11 is 5.07. The van der Waals surface area contributed by atoms with Crippen molar-refractivity contribution in [2.75, 3.05) is 7.05 Å². The molecule has 1 rings (SSSR count). The van der Waals surface area contributed by atoms with Crippen molar-refractivity contribution in [1.82, 2.24) is 16.0 Å². The number of carbonyl (C=O) groups excluding carboxylic acids is 2. The van der Waals surface area contributed by atoms with Crippen LogP contribution in [0.15, 0.2) is 24.3 Å². The van der Waals surface area contributed by atoms with Gasteiger partial charge in [-0.05, 0) is 41.9 Å². The Morgan fingerprint density at radius 3 is 2.18 bits per heavy atom. The molecule has 0 aromatic heterocycles. The van der Waals surface area contributed by atoms with E-state index in [1.165, 1.54) is 31.3 Å². The average molecular weight is 325 g/mol. The van der Waals surface area contributed by atoms with Gasteiger partial charge in [0.05, 0.1) is 0 Å². The molecule has 0 radical (unpaired) electrons. The van der Waals surface area contributed by atoms with Crippen LogP contribution in [0.3, 0.4) is 0 Å². The maximum Gasteiger partial charge on any atom is 0.257 e. The molecular weight excluding hydrogens is 305 g/mol. The van der Waals surface area contributed by atoms with Gasteiger partial charge in [0.2, 0.25) is 5.91 Å². The zero-order valence-electron chi connectivity index (χ0n) is 13.0. The van der Waals surface area contributed by atoms with E-state index in [0.29, 0.717) is 0 Å². The zero-order valence-corrected chi connectivity index (χ0v) is 13.8. The number of amides is 2. The third kappa shape index (κ3) is 5.07. The summed E-state index contributed by atoms with van der Waals surface area (Å²) in [7, 11) is 1.53. The van der Waals surface area contributed by atoms with E-state index in [0.717, 1.165) is 0 Å². The predicted molar refractivity (Wildman–Crippen MR) is 86.9 cm³/mol. The van der Waals surface area contributed by atoms with Crippen LogP contribution in [-0.4, -0.2) is 30.0 Å². The van der Waals surface area contributed by atoms with Crippen molar-refractivity contribution in [3.63, 3.8) is 0 Å². The van der Waals surface area contributed by atoms with Crippen molar-refractivity contribution >= 4 is 29.1 Å². The molecule has 1 unspecified atom stereocenters. The first-order chi connectivity index (χ1) is 10.1. The number of carbonyl (C=O) groups is 2. The van der Waals surface area contributed by atoms with Crippen molar-refractivity contribution in [3.8, 4) is 0 Å². The monoisotopic (exact) mass is 325 g/mol. The number of thiocarbonyl (C=S) groups is 1. The van der Waals surface area contributed by atoms with Crippen LogP contribution in [0.2, 0.25) is 0 Å². The fourth-order valence-electron chi connectivity index (χ4n) is 1.76. The molecule has 0 aliphatic carbocycles. The summed E-state index contributed by atoms with van der Waals surface area (Å²) in [6.45, 7) is 5.64. The van der Waals surface area contributed by atoms with Gasteiger partial charge in [0, 0.05) is 12.6 Å². The van der Waals surface area contributed by atoms with Gasteiger partial charge in [0.1, 0.15) is 11.9 Å². The lowest BCUT2D eigenvalue weighted by atomic mass is 9.86. The van der Waals surface area contributed by atoms with Crippen molar-refractivity contribution in [1.29, 1.82) is 0 Å². The highest BCUT2D eigenvalue weighted by Crippen LogP contribution is 2.19. The quantitative estimate of drug-likeness (QED) is 0.738. The second-order valence-corrected chi connectivity index (χ2v) is 6.26. The molecule has 120 valence electrons. The van der Waals surface area contributed by atoms with Gasteiger partial charge in [-0.3, -0.25) is 14.9 Å². The highest BCUT2D eigenvalue weighted by atomic mass is 32.1. The summed E-state index contributed by atoms with van der Waals surface area (Å²) in [4.78, 5) is 23.9. The minimum atomic E-state index is -0.599. The third-order valence-corrected chi connectivity index (χ3v) is 3.20. The van der Waals surface area contributed by atoms with Gasteiger partial charge in [-0.1, -0.05) is 20.8 Å². The lowest BCUT2D eigenvalue weighted by Crippen LogP contribution is -2.55. The van der Waals surface area contributed by atoms with Gasteiger partial charge >= 0.3 is 0 Å². The summed E-state index contributed by atoms with van der Waals surface area (Å²) in [6, 6.07) is 4.49. The molecule has 0 spiro atoms. The van der Waals surface area contributed by atoms with Crippen molar-refractivity contribution in [3.05, 3.63) is 35.6 Å². The topological polar surface area (TPSA) is 70.2 Å². The molecule has 22 heavy (non-hydrogen) atoms. The van der Waals surface area contributed by atoms with Crippen LogP contribution in [0.25, 0.3) is 0 Å². The Bertz CT molecular complexity index is 567. The van der Waals surface area contributed by atoms with Crippen molar-refractivity contribution in [2.24, 2.45) is 5.41 Å². The summed E-state index contributed by atoms with van der Waals surface area (Å²) in [6.07, 6.45) is 0. The first-order valence-electron chi connectivity index (χ1n) is 6.74. The largest absolute Gasteiger partial charge is 0.357 e. The fraction of sp³-hybridized carbons (Fsp3) is 0.400. The van der Waals surface area contributed by atoms with E-state index >= 15 is 0 Å². The van der Waals surface area contributed by atoms with Gasteiger partial charge in [0.15, 0.2) is 5.11 Å². The summed E-state index contributed by atoms with van der Waals surface area (Å²) in [5.41, 5.74) is -0.122. The first kappa shape index (κ1) is 18.0. The van der Waals surface area contributed by atoms with Gasteiger partial charge in [-0.15, -0.1) is 0 Å². The number of hydrogen-bond donors (Lipinski definition) is 3. The second kappa shape index (κ2) is 7.31. The summed E-state index contributed by atoms with van der Waals surface area (Å²) in [5.74, 6) is -1.13. The van der Waals surface area contributed by atoms with Crippen LogP contribution in [0.5, 0.6) is 0 Å². The second-order valence-electron chi connectivity index (χ2n) is 5.85. The Labute approximate surface area is 134 Å². The Balaban J connectivity index is 2.73. The molecule has 0 aliphatic rings. The predicted octanol–water partition coefficient (Wildman–Crippen LogP) is 1.59. The fourth-order valence-corrected chi connectivity index (χ4v) is 1.97. The van der Waals surface area contributed by atoms with Crippen LogP contribution < -0.4 is 16.0 Å².